The molecule has 3 N–H and O–H groups in total. The predicted molar refractivity (Wildman–Crippen MR) is 454 cm³/mol. The first-order chi connectivity index (χ1) is 53.7. The second-order valence-electron chi connectivity index (χ2n) is 26.9. The molecule has 0 rings (SSSR count). The number of hydrogen-bond acceptors (Lipinski definition) is 15. The topological polar surface area (TPSA) is 237 Å². The van der Waals surface area contributed by atoms with E-state index in [1.54, 1.807) is 0 Å². The number of aliphatic hydroxyl groups is 1. The Balaban J connectivity index is 5.51. The van der Waals surface area contributed by atoms with E-state index in [1.165, 1.54) is 19.3 Å². The lowest BCUT2D eigenvalue weighted by molar-refractivity contribution is -0.161. The Morgan fingerprint density at radius 3 is 0.764 bits per heavy atom. The molecule has 0 aromatic rings. The molecule has 0 aliphatic heterocycles. The Morgan fingerprint density at radius 2 is 0.482 bits per heavy atom. The van der Waals surface area contributed by atoms with Gasteiger partial charge in [-0.2, -0.15) is 0 Å². The van der Waals surface area contributed by atoms with Gasteiger partial charge >= 0.3 is 39.5 Å². The number of rotatable bonds is 76. The van der Waals surface area contributed by atoms with Gasteiger partial charge in [0, 0.05) is 25.7 Å². The summed E-state index contributed by atoms with van der Waals surface area (Å²) in [6.07, 6.45) is 99.7. The highest BCUT2D eigenvalue weighted by atomic mass is 31.2. The molecule has 0 amide bonds. The number of allylic oxidation sites excluding steroid dienone is 32. The van der Waals surface area contributed by atoms with Gasteiger partial charge in [0.1, 0.15) is 19.3 Å². The van der Waals surface area contributed by atoms with Crippen molar-refractivity contribution in [3.05, 3.63) is 194 Å². The molecule has 0 aromatic heterocycles. The van der Waals surface area contributed by atoms with E-state index in [1.807, 2.05) is 12.2 Å². The number of unbranched alkanes of at least 4 members (excludes halogenated alkanes) is 18. The first kappa shape index (κ1) is 104. The van der Waals surface area contributed by atoms with E-state index in [-0.39, 0.29) is 25.7 Å². The molecule has 622 valence electrons. The molecular formula is C91H146O17P2. The summed E-state index contributed by atoms with van der Waals surface area (Å²) in [6, 6.07) is 0. The molecule has 17 nitrogen and oxygen atoms in total. The molecule has 19 heteroatoms. The molecule has 0 saturated carbocycles. The molecule has 0 aliphatic rings. The largest absolute Gasteiger partial charge is 0.472 e. The van der Waals surface area contributed by atoms with Crippen LogP contribution in [0.15, 0.2) is 194 Å². The van der Waals surface area contributed by atoms with Crippen molar-refractivity contribution in [3.8, 4) is 0 Å². The number of aliphatic hydroxyl groups excluding tert-OH is 1. The molecule has 0 aliphatic carbocycles. The zero-order valence-corrected chi connectivity index (χ0v) is 69.9. The SMILES string of the molecule is CC/C=C\C/C=C\C/C=C\C/C=C\C/C=C\CCCC(=O)OCC(COP(=O)(O)OCC(O)COP(=O)(O)OCC(COC(=O)CCCCCCCC/C=C\C/C=C\C/C=C\CCCCC)OC(=O)CCCCCC/C=C\C/C=C\C/C=C\C/C=C\CC)OC(=O)CCCCCC/C=C\C/C=C\C/C=C\C/C=C\CC. The molecule has 0 spiro atoms. The van der Waals surface area contributed by atoms with Crippen LogP contribution < -0.4 is 0 Å². The average molecular weight is 1570 g/mol. The monoisotopic (exact) mass is 1570 g/mol. The van der Waals surface area contributed by atoms with Gasteiger partial charge in [-0.15, -0.1) is 0 Å². The van der Waals surface area contributed by atoms with Crippen molar-refractivity contribution in [3.63, 3.8) is 0 Å². The second-order valence-corrected chi connectivity index (χ2v) is 29.8. The van der Waals surface area contributed by atoms with Gasteiger partial charge in [-0.1, -0.05) is 286 Å². The van der Waals surface area contributed by atoms with E-state index in [2.05, 4.69) is 210 Å². The van der Waals surface area contributed by atoms with Gasteiger partial charge in [-0.05, 0) is 180 Å². The lowest BCUT2D eigenvalue weighted by atomic mass is 10.1. The molecule has 0 heterocycles. The molecule has 0 fully saturated rings. The third kappa shape index (κ3) is 80.0. The van der Waals surface area contributed by atoms with Crippen molar-refractivity contribution in [1.82, 2.24) is 0 Å². The third-order valence-corrected chi connectivity index (χ3v) is 18.4. The maximum absolute atomic E-state index is 13.1. The van der Waals surface area contributed by atoms with Crippen LogP contribution in [-0.4, -0.2) is 96.7 Å². The lowest BCUT2D eigenvalue weighted by Gasteiger charge is -2.21. The number of hydrogen-bond donors (Lipinski definition) is 3. The minimum absolute atomic E-state index is 0.0460. The van der Waals surface area contributed by atoms with Crippen molar-refractivity contribution < 1.29 is 80.2 Å². The summed E-state index contributed by atoms with van der Waals surface area (Å²) < 4.78 is 68.7. The van der Waals surface area contributed by atoms with Crippen molar-refractivity contribution in [1.29, 1.82) is 0 Å². The van der Waals surface area contributed by atoms with Crippen LogP contribution in [-0.2, 0) is 65.4 Å². The van der Waals surface area contributed by atoms with E-state index in [4.69, 9.17) is 37.0 Å². The summed E-state index contributed by atoms with van der Waals surface area (Å²) in [6.45, 7) is 4.36. The fourth-order valence-corrected chi connectivity index (χ4v) is 11.9. The Morgan fingerprint density at radius 1 is 0.264 bits per heavy atom. The molecule has 0 aromatic carbocycles. The number of ether oxygens (including phenoxy) is 4. The van der Waals surface area contributed by atoms with Crippen LogP contribution in [0.2, 0.25) is 0 Å². The highest BCUT2D eigenvalue weighted by Crippen LogP contribution is 2.45. The van der Waals surface area contributed by atoms with Gasteiger partial charge in [0.25, 0.3) is 0 Å². The number of esters is 4. The van der Waals surface area contributed by atoms with Gasteiger partial charge in [0.05, 0.1) is 26.4 Å². The van der Waals surface area contributed by atoms with Crippen LogP contribution in [0.1, 0.15) is 297 Å². The molecule has 0 bridgehead atoms. The molecular weight excluding hydrogens is 1430 g/mol. The smallest absolute Gasteiger partial charge is 0.462 e. The number of phosphoric acid groups is 2. The minimum Gasteiger partial charge on any atom is -0.462 e. The maximum Gasteiger partial charge on any atom is 0.472 e. The number of phosphoric ester groups is 2. The zero-order chi connectivity index (χ0) is 80.3. The second kappa shape index (κ2) is 80.9. The Labute approximate surface area is 666 Å². The number of carbonyl (C=O) groups excluding carboxylic acids is 4. The van der Waals surface area contributed by atoms with E-state index in [9.17, 15) is 43.2 Å². The fourth-order valence-electron chi connectivity index (χ4n) is 10.3. The van der Waals surface area contributed by atoms with E-state index >= 15 is 0 Å². The first-order valence-corrected chi connectivity index (χ1v) is 44.7. The third-order valence-electron chi connectivity index (χ3n) is 16.5. The Bertz CT molecular complexity index is 2850. The van der Waals surface area contributed by atoms with Gasteiger partial charge in [-0.25, -0.2) is 9.13 Å². The van der Waals surface area contributed by atoms with Crippen molar-refractivity contribution >= 4 is 39.5 Å². The highest BCUT2D eigenvalue weighted by Gasteiger charge is 2.30. The van der Waals surface area contributed by atoms with E-state index in [0.29, 0.717) is 32.1 Å². The minimum atomic E-state index is -5.01. The molecule has 110 heavy (non-hydrogen) atoms. The lowest BCUT2D eigenvalue weighted by Crippen LogP contribution is -2.30. The summed E-state index contributed by atoms with van der Waals surface area (Å²) in [5.74, 6) is -2.33. The zero-order valence-electron chi connectivity index (χ0n) is 68.1. The predicted octanol–water partition coefficient (Wildman–Crippen LogP) is 24.9. The van der Waals surface area contributed by atoms with Gasteiger partial charge in [-0.3, -0.25) is 37.3 Å². The van der Waals surface area contributed by atoms with Crippen LogP contribution in [0.3, 0.4) is 0 Å². The summed E-state index contributed by atoms with van der Waals surface area (Å²) in [5, 5.41) is 10.7. The normalized spacial score (nSPS) is 14.8. The van der Waals surface area contributed by atoms with Crippen LogP contribution >= 0.6 is 15.6 Å². The maximum atomic E-state index is 13.1. The molecule has 0 radical (unpaired) electrons. The molecule has 5 unspecified atom stereocenters. The standard InChI is InChI=1S/C91H146O17P2/c1-5-9-13-17-21-25-29-33-37-41-42-46-48-52-56-60-64-68-72-76-89(94)102-82-87(108-91(96)78-74-70-66-62-58-54-50-45-40-36-32-28-24-20-16-12-8-4)84-106-110(99,100)104-80-85(92)79-103-109(97,98)105-83-86(107-90(95)77-73-69-65-61-57-53-49-44-39-35-31-27-23-19-15-11-7-3)81-101-88(93)75-71-67-63-59-55-51-47-43-38-34-30-26-22-18-14-10-6-2/h10-12,14-16,21-28,33-40,42,46-47,49-51,53-54,59,63,85-87,92H,5-9,13,17-20,29-32,41,43-45,48,52,55-58,60-62,64-84H2,1-4H3,(H,97,98)(H,99,100)/b14-10-,15-11-,16-12-,25-21-,26-22-,27-23-,28-24-,37-33-,38-34-,39-35-,40-36-,46-42-,51-47-,53-49-,54-50-,63-59-. The number of carbonyl (C=O) groups is 4. The quantitative estimate of drug-likeness (QED) is 0.0169. The average Bonchev–Trinajstić information content (AvgIpc) is 0.904. The summed E-state index contributed by atoms with van der Waals surface area (Å²) in [7, 11) is -10.0. The van der Waals surface area contributed by atoms with Gasteiger partial charge in [0.15, 0.2) is 12.2 Å². The van der Waals surface area contributed by atoms with Gasteiger partial charge in [0.2, 0.25) is 0 Å². The van der Waals surface area contributed by atoms with Crippen molar-refractivity contribution in [2.24, 2.45) is 0 Å². The highest BCUT2D eigenvalue weighted by molar-refractivity contribution is 7.47. The van der Waals surface area contributed by atoms with Crippen LogP contribution in [0.25, 0.3) is 0 Å². The first-order valence-electron chi connectivity index (χ1n) is 41.7. The van der Waals surface area contributed by atoms with Crippen molar-refractivity contribution in [2.45, 2.75) is 316 Å². The summed E-state index contributed by atoms with van der Waals surface area (Å²) in [5.41, 5.74) is 0. The van der Waals surface area contributed by atoms with E-state index in [0.717, 1.165) is 193 Å². The summed E-state index contributed by atoms with van der Waals surface area (Å²) in [4.78, 5) is 73.2. The van der Waals surface area contributed by atoms with E-state index < -0.39 is 97.5 Å². The molecule has 0 saturated heterocycles. The summed E-state index contributed by atoms with van der Waals surface area (Å²) >= 11 is 0. The van der Waals surface area contributed by atoms with Crippen LogP contribution in [0.5, 0.6) is 0 Å². The van der Waals surface area contributed by atoms with Gasteiger partial charge < -0.3 is 33.8 Å². The van der Waals surface area contributed by atoms with Crippen LogP contribution in [0.4, 0.5) is 0 Å². The fraction of sp³-hybridized carbons (Fsp3) is 0.604. The Hall–Kier alpha value is -6.10. The Kier molecular flexibility index (Phi) is 76.4. The van der Waals surface area contributed by atoms with Crippen LogP contribution in [0, 0.1) is 0 Å². The molecule has 5 atom stereocenters. The van der Waals surface area contributed by atoms with Crippen molar-refractivity contribution in [2.75, 3.05) is 39.6 Å².